The quantitative estimate of drug-likeness (QED) is 0.619. The fourth-order valence-electron chi connectivity index (χ4n) is 2.43. The molecule has 0 bridgehead atoms. The summed E-state index contributed by atoms with van der Waals surface area (Å²) in [7, 11) is 0. The molecule has 2 rings (SSSR count). The molecule has 76 valence electrons. The maximum absolute atomic E-state index is 5.84. The molecular weight excluding hydrogens is 182 g/mol. The first-order valence-corrected chi connectivity index (χ1v) is 6.23. The summed E-state index contributed by atoms with van der Waals surface area (Å²) in [5.41, 5.74) is 0. The minimum atomic E-state index is 0.809. The Bertz CT molecular complexity index is 150. The van der Waals surface area contributed by atoms with E-state index in [4.69, 9.17) is 11.6 Å². The third-order valence-electron chi connectivity index (χ3n) is 3.40. The number of rotatable bonds is 5. The summed E-state index contributed by atoms with van der Waals surface area (Å²) in [6.45, 7) is 2.44. The zero-order valence-corrected chi connectivity index (χ0v) is 9.10. The van der Waals surface area contributed by atoms with Gasteiger partial charge in [0.2, 0.25) is 0 Å². The van der Waals surface area contributed by atoms with E-state index >= 15 is 0 Å². The van der Waals surface area contributed by atoms with E-state index in [-0.39, 0.29) is 0 Å². The van der Waals surface area contributed by atoms with Crippen LogP contribution in [0.5, 0.6) is 0 Å². The van der Waals surface area contributed by atoms with E-state index in [0.717, 1.165) is 24.4 Å². The molecule has 0 saturated heterocycles. The van der Waals surface area contributed by atoms with Crippen molar-refractivity contribution < 1.29 is 0 Å². The van der Waals surface area contributed by atoms with Crippen LogP contribution in [-0.2, 0) is 0 Å². The van der Waals surface area contributed by atoms with Gasteiger partial charge in [0.1, 0.15) is 0 Å². The fraction of sp³-hybridized carbons (Fsp3) is 1.00. The van der Waals surface area contributed by atoms with Gasteiger partial charge in [-0.25, -0.2) is 0 Å². The highest BCUT2D eigenvalue weighted by molar-refractivity contribution is 6.18. The number of halogens is 1. The van der Waals surface area contributed by atoms with Gasteiger partial charge in [-0.2, -0.15) is 0 Å². The predicted molar refractivity (Wildman–Crippen MR) is 57.3 cm³/mol. The lowest BCUT2D eigenvalue weighted by atomic mass is 10.2. The zero-order valence-electron chi connectivity index (χ0n) is 8.34. The van der Waals surface area contributed by atoms with Crippen molar-refractivity contribution in [3.05, 3.63) is 0 Å². The number of hydrogen-bond donors (Lipinski definition) is 0. The van der Waals surface area contributed by atoms with Crippen LogP contribution >= 0.6 is 11.6 Å². The highest BCUT2D eigenvalue weighted by Crippen LogP contribution is 2.32. The average Bonchev–Trinajstić information content (AvgIpc) is 2.80. The second kappa shape index (κ2) is 4.65. The molecular formula is C11H20ClN. The highest BCUT2D eigenvalue weighted by atomic mass is 35.5. The Kier molecular flexibility index (Phi) is 3.51. The van der Waals surface area contributed by atoms with Crippen LogP contribution < -0.4 is 0 Å². The van der Waals surface area contributed by atoms with Gasteiger partial charge in [-0.15, -0.1) is 11.6 Å². The summed E-state index contributed by atoms with van der Waals surface area (Å²) in [6.07, 6.45) is 8.65. The SMILES string of the molecule is ClCCN(CC1CC1)C1CCCC1. The molecule has 0 atom stereocenters. The maximum Gasteiger partial charge on any atom is 0.0351 e. The smallest absolute Gasteiger partial charge is 0.0351 e. The van der Waals surface area contributed by atoms with Crippen LogP contribution in [0, 0.1) is 5.92 Å². The zero-order chi connectivity index (χ0) is 9.10. The van der Waals surface area contributed by atoms with Crippen LogP contribution in [0.2, 0.25) is 0 Å². The summed E-state index contributed by atoms with van der Waals surface area (Å²) in [4.78, 5) is 2.65. The van der Waals surface area contributed by atoms with Crippen LogP contribution in [0.4, 0.5) is 0 Å². The molecule has 0 unspecified atom stereocenters. The van der Waals surface area contributed by atoms with Gasteiger partial charge in [-0.05, 0) is 31.6 Å². The van der Waals surface area contributed by atoms with Crippen LogP contribution in [-0.4, -0.2) is 29.9 Å². The molecule has 2 heteroatoms. The molecule has 0 aromatic heterocycles. The Morgan fingerprint density at radius 2 is 1.77 bits per heavy atom. The van der Waals surface area contributed by atoms with Crippen molar-refractivity contribution in [2.45, 2.75) is 44.6 Å². The molecule has 2 aliphatic rings. The number of alkyl halides is 1. The Morgan fingerprint density at radius 1 is 1.08 bits per heavy atom. The molecule has 0 N–H and O–H groups in total. The van der Waals surface area contributed by atoms with Gasteiger partial charge >= 0.3 is 0 Å². The van der Waals surface area contributed by atoms with E-state index in [1.165, 1.54) is 45.1 Å². The first kappa shape index (κ1) is 9.79. The summed E-state index contributed by atoms with van der Waals surface area (Å²) >= 11 is 5.84. The topological polar surface area (TPSA) is 3.24 Å². The third-order valence-corrected chi connectivity index (χ3v) is 3.57. The Morgan fingerprint density at radius 3 is 2.31 bits per heavy atom. The van der Waals surface area contributed by atoms with Gasteiger partial charge in [-0.1, -0.05) is 12.8 Å². The first-order valence-electron chi connectivity index (χ1n) is 5.70. The fourth-order valence-corrected chi connectivity index (χ4v) is 2.65. The second-order valence-corrected chi connectivity index (χ2v) is 4.94. The summed E-state index contributed by atoms with van der Waals surface area (Å²) in [5, 5.41) is 0. The van der Waals surface area contributed by atoms with Crippen LogP contribution in [0.25, 0.3) is 0 Å². The van der Waals surface area contributed by atoms with Gasteiger partial charge in [0.25, 0.3) is 0 Å². The molecule has 0 aromatic carbocycles. The van der Waals surface area contributed by atoms with Crippen LogP contribution in [0.1, 0.15) is 38.5 Å². The average molecular weight is 202 g/mol. The normalized spacial score (nSPS) is 24.5. The van der Waals surface area contributed by atoms with Gasteiger partial charge in [-0.3, -0.25) is 4.90 Å². The van der Waals surface area contributed by atoms with Crippen molar-refractivity contribution in [3.63, 3.8) is 0 Å². The van der Waals surface area contributed by atoms with Crippen molar-refractivity contribution in [3.8, 4) is 0 Å². The number of nitrogens with zero attached hydrogens (tertiary/aromatic N) is 1. The summed E-state index contributed by atoms with van der Waals surface area (Å²) in [6, 6.07) is 0.874. The first-order chi connectivity index (χ1) is 6.40. The molecule has 0 radical (unpaired) electrons. The number of hydrogen-bond acceptors (Lipinski definition) is 1. The monoisotopic (exact) mass is 201 g/mol. The molecule has 2 aliphatic carbocycles. The Balaban J connectivity index is 1.79. The van der Waals surface area contributed by atoms with Crippen molar-refractivity contribution in [1.82, 2.24) is 4.90 Å². The van der Waals surface area contributed by atoms with Gasteiger partial charge in [0.15, 0.2) is 0 Å². The van der Waals surface area contributed by atoms with E-state index in [0.29, 0.717) is 0 Å². The molecule has 0 heterocycles. The van der Waals surface area contributed by atoms with Crippen molar-refractivity contribution in [1.29, 1.82) is 0 Å². The summed E-state index contributed by atoms with van der Waals surface area (Å²) < 4.78 is 0. The second-order valence-electron chi connectivity index (χ2n) is 4.57. The van der Waals surface area contributed by atoms with Gasteiger partial charge < -0.3 is 0 Å². The van der Waals surface area contributed by atoms with Crippen molar-refractivity contribution in [2.24, 2.45) is 5.92 Å². The molecule has 0 aliphatic heterocycles. The predicted octanol–water partition coefficient (Wildman–Crippen LogP) is 2.88. The standard InChI is InChI=1S/C11H20ClN/c12-7-8-13(9-10-5-6-10)11-3-1-2-4-11/h10-11H,1-9H2. The molecule has 2 fully saturated rings. The van der Waals surface area contributed by atoms with Crippen LogP contribution in [0.3, 0.4) is 0 Å². The van der Waals surface area contributed by atoms with Crippen molar-refractivity contribution in [2.75, 3.05) is 19.0 Å². The lowest BCUT2D eigenvalue weighted by Crippen LogP contribution is -2.36. The lowest BCUT2D eigenvalue weighted by Gasteiger charge is -2.27. The molecule has 0 amide bonds. The molecule has 13 heavy (non-hydrogen) atoms. The van der Waals surface area contributed by atoms with E-state index in [2.05, 4.69) is 4.90 Å². The third kappa shape index (κ3) is 2.85. The Hall–Kier alpha value is 0.250. The van der Waals surface area contributed by atoms with E-state index in [1.54, 1.807) is 0 Å². The molecule has 1 nitrogen and oxygen atoms in total. The van der Waals surface area contributed by atoms with Crippen LogP contribution in [0.15, 0.2) is 0 Å². The summed E-state index contributed by atoms with van der Waals surface area (Å²) in [5.74, 6) is 1.83. The molecule has 0 spiro atoms. The van der Waals surface area contributed by atoms with Gasteiger partial charge in [0, 0.05) is 25.0 Å². The van der Waals surface area contributed by atoms with Gasteiger partial charge in [0.05, 0.1) is 0 Å². The molecule has 2 saturated carbocycles. The largest absolute Gasteiger partial charge is 0.299 e. The van der Waals surface area contributed by atoms with Crippen molar-refractivity contribution >= 4 is 11.6 Å². The Labute approximate surface area is 86.4 Å². The highest BCUT2D eigenvalue weighted by Gasteiger charge is 2.28. The van der Waals surface area contributed by atoms with E-state index in [9.17, 15) is 0 Å². The van der Waals surface area contributed by atoms with E-state index in [1.807, 2.05) is 0 Å². The molecule has 0 aromatic rings. The maximum atomic E-state index is 5.84. The minimum Gasteiger partial charge on any atom is -0.299 e. The van der Waals surface area contributed by atoms with E-state index < -0.39 is 0 Å². The lowest BCUT2D eigenvalue weighted by molar-refractivity contribution is 0.202. The minimum absolute atomic E-state index is 0.809.